The molecule has 1 aromatic heterocycles. The first kappa shape index (κ1) is 36.8. The van der Waals surface area contributed by atoms with E-state index in [1.54, 1.807) is 0 Å². The Balaban J connectivity index is 0.000000149. The highest BCUT2D eigenvalue weighted by atomic mass is 16.3. The maximum absolute atomic E-state index is 9.21. The second-order valence-electron chi connectivity index (χ2n) is 19.6. The zero-order valence-corrected chi connectivity index (χ0v) is 41.5. The van der Waals surface area contributed by atoms with Crippen molar-refractivity contribution in [3.8, 4) is 55.6 Å². The molecule has 0 radical (unpaired) electrons. The Morgan fingerprint density at radius 1 is 0.247 bits per heavy atom. The lowest BCUT2D eigenvalue weighted by atomic mass is 9.84. The summed E-state index contributed by atoms with van der Waals surface area (Å²) in [4.78, 5) is 0. The van der Waals surface area contributed by atoms with E-state index in [9.17, 15) is 5.48 Å². The van der Waals surface area contributed by atoms with Crippen molar-refractivity contribution in [1.82, 2.24) is 0 Å². The average molecular weight is 985 g/mol. The lowest BCUT2D eigenvalue weighted by Crippen LogP contribution is -1.91. The Morgan fingerprint density at radius 3 is 1.34 bits per heavy atom. The molecule has 0 aliphatic rings. The summed E-state index contributed by atoms with van der Waals surface area (Å²) < 4.78 is 78.1. The molecule has 1 heterocycles. The molecule has 1 nitrogen and oxygen atoms in total. The SMILES string of the molecule is [2H]c1c([2H])c([2H])c2c(-c3cccc4ccccc34)c3c([2H])c([2H])c([2H])c([2H])c3c(-c3ccc(-c4ccc5ccccc5c4)cc3)c2c1[2H].c1ccc(-c2c3ccccc3c(-c3cccc4oc5c6ccccc6ccc5c34)c3ccccc23)cc1. The molecule has 0 N–H and O–H groups in total. The molecule has 0 aliphatic carbocycles. The lowest BCUT2D eigenvalue weighted by molar-refractivity contribution is 0.673. The van der Waals surface area contributed by atoms with E-state index in [2.05, 4.69) is 158 Å². The minimum absolute atomic E-state index is 0.208. The molecule has 0 saturated heterocycles. The van der Waals surface area contributed by atoms with Crippen molar-refractivity contribution in [1.29, 1.82) is 0 Å². The Hall–Kier alpha value is -10.1. The van der Waals surface area contributed by atoms with Gasteiger partial charge in [-0.15, -0.1) is 0 Å². The molecule has 0 bridgehead atoms. The molecule has 0 spiro atoms. The molecule has 0 saturated carbocycles. The summed E-state index contributed by atoms with van der Waals surface area (Å²) in [6.07, 6.45) is 0. The molecule has 77 heavy (non-hydrogen) atoms. The van der Waals surface area contributed by atoms with Gasteiger partial charge in [-0.2, -0.15) is 0 Å². The molecule has 0 fully saturated rings. The Bertz CT molecular complexity index is 5320. The summed E-state index contributed by atoms with van der Waals surface area (Å²) in [7, 11) is 0. The molecular formula is C76H48O. The number of benzene rings is 15. The van der Waals surface area contributed by atoms with Crippen LogP contribution in [0.2, 0.25) is 0 Å². The topological polar surface area (TPSA) is 13.1 Å². The van der Waals surface area contributed by atoms with Crippen molar-refractivity contribution in [2.75, 3.05) is 0 Å². The highest BCUT2D eigenvalue weighted by Gasteiger charge is 2.22. The molecule has 16 rings (SSSR count). The Labute approximate surface area is 457 Å². The highest BCUT2D eigenvalue weighted by molar-refractivity contribution is 6.27. The first-order valence-corrected chi connectivity index (χ1v) is 25.9. The maximum atomic E-state index is 9.21. The molecule has 358 valence electrons. The zero-order valence-electron chi connectivity index (χ0n) is 49.5. The van der Waals surface area contributed by atoms with Gasteiger partial charge in [0.2, 0.25) is 0 Å². The molecule has 0 unspecified atom stereocenters. The third kappa shape index (κ3) is 7.39. The van der Waals surface area contributed by atoms with Crippen LogP contribution in [-0.2, 0) is 0 Å². The minimum atomic E-state index is -0.411. The van der Waals surface area contributed by atoms with E-state index in [0.29, 0.717) is 22.3 Å². The highest BCUT2D eigenvalue weighted by Crippen LogP contribution is 2.49. The van der Waals surface area contributed by atoms with E-state index >= 15 is 0 Å². The molecule has 15 aromatic carbocycles. The molecule has 0 aliphatic heterocycles. The molecule has 16 aromatic rings. The van der Waals surface area contributed by atoms with E-state index in [1.807, 2.05) is 84.9 Å². The fourth-order valence-corrected chi connectivity index (χ4v) is 11.9. The van der Waals surface area contributed by atoms with Gasteiger partial charge in [0.15, 0.2) is 0 Å². The van der Waals surface area contributed by atoms with Crippen molar-refractivity contribution in [3.63, 3.8) is 0 Å². The number of hydrogen-bond donors (Lipinski definition) is 0. The van der Waals surface area contributed by atoms with Crippen LogP contribution in [0.4, 0.5) is 0 Å². The first-order chi connectivity index (χ1) is 41.5. The lowest BCUT2D eigenvalue weighted by Gasteiger charge is -2.19. The van der Waals surface area contributed by atoms with Gasteiger partial charge in [-0.3, -0.25) is 0 Å². The Kier molecular flexibility index (Phi) is 8.78. The van der Waals surface area contributed by atoms with Gasteiger partial charge in [-0.25, -0.2) is 0 Å². The van der Waals surface area contributed by atoms with Gasteiger partial charge in [-0.1, -0.05) is 273 Å². The van der Waals surface area contributed by atoms with E-state index in [4.69, 9.17) is 9.90 Å². The smallest absolute Gasteiger partial charge is 0.143 e. The van der Waals surface area contributed by atoms with Crippen LogP contribution in [0.3, 0.4) is 0 Å². The van der Waals surface area contributed by atoms with Crippen LogP contribution in [0.5, 0.6) is 0 Å². The average Bonchev–Trinajstić information content (AvgIpc) is 0.902. The number of fused-ring (bicyclic) bond motifs is 11. The molecule has 0 atom stereocenters. The summed E-state index contributed by atoms with van der Waals surface area (Å²) in [6, 6.07) is 80.2. The number of rotatable bonds is 5. The predicted octanol–water partition coefficient (Wildman–Crippen LogP) is 21.7. The van der Waals surface area contributed by atoms with Crippen LogP contribution >= 0.6 is 0 Å². The summed E-state index contributed by atoms with van der Waals surface area (Å²) in [5.41, 5.74) is 10.7. The van der Waals surface area contributed by atoms with Gasteiger partial charge in [0, 0.05) is 16.2 Å². The predicted molar refractivity (Wildman–Crippen MR) is 330 cm³/mol. The normalized spacial score (nSPS) is 13.1. The maximum Gasteiger partial charge on any atom is 0.143 e. The summed E-state index contributed by atoms with van der Waals surface area (Å²) in [6.45, 7) is 0. The number of furan rings is 1. The van der Waals surface area contributed by atoms with Gasteiger partial charge in [0.05, 0.1) is 11.0 Å². The van der Waals surface area contributed by atoms with Crippen molar-refractivity contribution in [2.45, 2.75) is 0 Å². The van der Waals surface area contributed by atoms with E-state index in [-0.39, 0.29) is 45.7 Å². The number of hydrogen-bond acceptors (Lipinski definition) is 1. The van der Waals surface area contributed by atoms with Crippen molar-refractivity contribution in [3.05, 3.63) is 291 Å². The van der Waals surface area contributed by atoms with Crippen LogP contribution < -0.4 is 0 Å². The standard InChI is InChI=1S/C40H26.C36H22O/c1-2-12-31-26-32(25-22-27(31)10-1)28-20-23-30(24-21-28)39-35-15-5-7-17-37(35)40(38-18-8-6-16-36(38)39)34-19-9-13-29-11-3-4-14-33(29)34;1-2-12-24(13-3-1)33-26-15-6-8-17-28(26)34(29-18-9-7-16-27(29)33)30-19-10-20-32-35(30)31-22-21-23-11-4-5-14-25(23)36(31)37-32/h1-26H;1-22H/i5D,6D,7D,8D,15D,16D,17D,18D;. The van der Waals surface area contributed by atoms with Crippen LogP contribution in [0.15, 0.2) is 295 Å². The molecular weight excluding hydrogens is 929 g/mol. The van der Waals surface area contributed by atoms with Crippen LogP contribution in [0.1, 0.15) is 11.0 Å². The first-order valence-electron chi connectivity index (χ1n) is 29.9. The fraction of sp³-hybridized carbons (Fsp3) is 0. The summed E-state index contributed by atoms with van der Waals surface area (Å²) in [5.74, 6) is 0. The second kappa shape index (κ2) is 18.4. The van der Waals surface area contributed by atoms with E-state index < -0.39 is 24.2 Å². The van der Waals surface area contributed by atoms with Crippen LogP contribution in [0, 0.1) is 0 Å². The van der Waals surface area contributed by atoms with Crippen molar-refractivity contribution >= 4 is 97.3 Å². The van der Waals surface area contributed by atoms with Gasteiger partial charge in [0.25, 0.3) is 0 Å². The monoisotopic (exact) mass is 984 g/mol. The van der Waals surface area contributed by atoms with Gasteiger partial charge in [-0.05, 0) is 144 Å². The van der Waals surface area contributed by atoms with E-state index in [0.717, 1.165) is 54.6 Å². The van der Waals surface area contributed by atoms with Gasteiger partial charge >= 0.3 is 0 Å². The molecule has 0 amide bonds. The van der Waals surface area contributed by atoms with Crippen molar-refractivity contribution < 1.29 is 15.4 Å². The quantitative estimate of drug-likeness (QED) is 0.157. The van der Waals surface area contributed by atoms with Crippen LogP contribution in [-0.4, -0.2) is 0 Å². The zero-order chi connectivity index (χ0) is 57.8. The Morgan fingerprint density at radius 2 is 0.675 bits per heavy atom. The third-order valence-electron chi connectivity index (χ3n) is 15.3. The van der Waals surface area contributed by atoms with Crippen molar-refractivity contribution in [2.24, 2.45) is 0 Å². The van der Waals surface area contributed by atoms with Gasteiger partial charge in [0.1, 0.15) is 11.2 Å². The van der Waals surface area contributed by atoms with E-state index in [1.165, 1.54) is 54.6 Å². The minimum Gasteiger partial charge on any atom is -0.455 e. The molecule has 1 heteroatoms. The summed E-state index contributed by atoms with van der Waals surface area (Å²) in [5, 5.41) is 14.5. The summed E-state index contributed by atoms with van der Waals surface area (Å²) >= 11 is 0. The second-order valence-corrected chi connectivity index (χ2v) is 19.6. The van der Waals surface area contributed by atoms with Crippen LogP contribution in [0.25, 0.3) is 153 Å². The third-order valence-corrected chi connectivity index (χ3v) is 15.3. The largest absolute Gasteiger partial charge is 0.455 e. The van der Waals surface area contributed by atoms with Gasteiger partial charge < -0.3 is 4.42 Å². The fourth-order valence-electron chi connectivity index (χ4n) is 11.9.